The third-order valence-corrected chi connectivity index (χ3v) is 2.56. The van der Waals surface area contributed by atoms with E-state index in [1.165, 1.54) is 6.92 Å². The smallest absolute Gasteiger partial charge is 0.254 e. The first kappa shape index (κ1) is 11.4. The second-order valence-corrected chi connectivity index (χ2v) is 3.85. The number of aliphatic hydroxyl groups excluding tert-OH is 2. The van der Waals surface area contributed by atoms with E-state index < -0.39 is 18.1 Å². The number of rotatable bonds is 2. The lowest BCUT2D eigenvalue weighted by Crippen LogP contribution is -2.49. The van der Waals surface area contributed by atoms with E-state index in [1.807, 2.05) is 0 Å². The fourth-order valence-electron chi connectivity index (χ4n) is 1.51. The van der Waals surface area contributed by atoms with Crippen LogP contribution in [0.5, 0.6) is 0 Å². The van der Waals surface area contributed by atoms with E-state index >= 15 is 0 Å². The average molecular weight is 202 g/mol. The highest BCUT2D eigenvalue weighted by atomic mass is 16.3. The lowest BCUT2D eigenvalue weighted by Gasteiger charge is -2.32. The van der Waals surface area contributed by atoms with E-state index in [0.717, 1.165) is 12.8 Å². The van der Waals surface area contributed by atoms with Crippen LogP contribution in [0.2, 0.25) is 0 Å². The van der Waals surface area contributed by atoms with Gasteiger partial charge in [0.15, 0.2) is 6.10 Å². The molecule has 1 amide bonds. The summed E-state index contributed by atoms with van der Waals surface area (Å²) in [6, 6.07) is 0.155. The normalized spacial score (nSPS) is 23.3. The Morgan fingerprint density at radius 1 is 1.43 bits per heavy atom. The van der Waals surface area contributed by atoms with Gasteiger partial charge in [0.05, 0.1) is 6.10 Å². The number of carbonyl (C=O) groups excluding carboxylic acids is 1. The van der Waals surface area contributed by atoms with Crippen molar-refractivity contribution in [1.82, 2.24) is 4.90 Å². The Balaban J connectivity index is 2.45. The monoisotopic (exact) mass is 202 g/mol. The molecule has 0 aromatic heterocycles. The van der Waals surface area contributed by atoms with Gasteiger partial charge in [0.1, 0.15) is 0 Å². The number of nitrogens with two attached hydrogens (primary N) is 1. The second kappa shape index (κ2) is 4.72. The molecule has 0 aromatic carbocycles. The van der Waals surface area contributed by atoms with E-state index in [0.29, 0.717) is 13.1 Å². The molecule has 14 heavy (non-hydrogen) atoms. The van der Waals surface area contributed by atoms with E-state index in [1.54, 1.807) is 4.90 Å². The summed E-state index contributed by atoms with van der Waals surface area (Å²) in [5, 5.41) is 18.4. The molecule has 1 saturated heterocycles. The molecule has 0 bridgehead atoms. The number of likely N-dealkylation sites (tertiary alicyclic amines) is 1. The van der Waals surface area contributed by atoms with E-state index in [4.69, 9.17) is 10.8 Å². The number of hydrogen-bond acceptors (Lipinski definition) is 4. The van der Waals surface area contributed by atoms with Crippen LogP contribution in [0.1, 0.15) is 19.8 Å². The lowest BCUT2D eigenvalue weighted by atomic mass is 10.0. The van der Waals surface area contributed by atoms with Crippen LogP contribution in [0.4, 0.5) is 0 Å². The number of nitrogens with zero attached hydrogens (tertiary/aromatic N) is 1. The van der Waals surface area contributed by atoms with Crippen LogP contribution in [0.3, 0.4) is 0 Å². The van der Waals surface area contributed by atoms with Gasteiger partial charge in [-0.1, -0.05) is 0 Å². The van der Waals surface area contributed by atoms with E-state index in [9.17, 15) is 9.90 Å². The summed E-state index contributed by atoms with van der Waals surface area (Å²) in [4.78, 5) is 13.1. The van der Waals surface area contributed by atoms with Crippen LogP contribution in [0, 0.1) is 0 Å². The van der Waals surface area contributed by atoms with Gasteiger partial charge >= 0.3 is 0 Å². The van der Waals surface area contributed by atoms with Gasteiger partial charge in [0.25, 0.3) is 5.91 Å². The Hall–Kier alpha value is -0.650. The second-order valence-electron chi connectivity index (χ2n) is 3.85. The molecule has 5 heteroatoms. The first-order valence-electron chi connectivity index (χ1n) is 4.93. The van der Waals surface area contributed by atoms with Gasteiger partial charge in [-0.05, 0) is 19.8 Å². The molecule has 1 rings (SSSR count). The summed E-state index contributed by atoms with van der Waals surface area (Å²) in [5.41, 5.74) is 5.68. The van der Waals surface area contributed by atoms with Crippen LogP contribution in [-0.4, -0.2) is 52.4 Å². The molecule has 0 aromatic rings. The quantitative estimate of drug-likeness (QED) is 0.518. The lowest BCUT2D eigenvalue weighted by molar-refractivity contribution is -0.146. The predicted molar refractivity (Wildman–Crippen MR) is 51.5 cm³/mol. The zero-order valence-corrected chi connectivity index (χ0v) is 8.39. The number of piperidine rings is 1. The van der Waals surface area contributed by atoms with Crippen LogP contribution in [0.15, 0.2) is 0 Å². The highest BCUT2D eigenvalue weighted by Crippen LogP contribution is 2.10. The molecule has 1 heterocycles. The Morgan fingerprint density at radius 3 is 2.36 bits per heavy atom. The van der Waals surface area contributed by atoms with Crippen molar-refractivity contribution in [2.24, 2.45) is 5.73 Å². The van der Waals surface area contributed by atoms with Crippen LogP contribution in [0.25, 0.3) is 0 Å². The predicted octanol–water partition coefficient (Wildman–Crippen LogP) is -1.32. The summed E-state index contributed by atoms with van der Waals surface area (Å²) in [5.74, 6) is -0.396. The third kappa shape index (κ3) is 2.67. The zero-order valence-electron chi connectivity index (χ0n) is 8.39. The summed E-state index contributed by atoms with van der Waals surface area (Å²) < 4.78 is 0. The summed E-state index contributed by atoms with van der Waals surface area (Å²) >= 11 is 0. The zero-order chi connectivity index (χ0) is 10.7. The summed E-state index contributed by atoms with van der Waals surface area (Å²) in [7, 11) is 0. The number of hydrogen-bond donors (Lipinski definition) is 3. The molecule has 1 aliphatic rings. The van der Waals surface area contributed by atoms with Crippen LogP contribution >= 0.6 is 0 Å². The van der Waals surface area contributed by atoms with Crippen molar-refractivity contribution in [1.29, 1.82) is 0 Å². The van der Waals surface area contributed by atoms with Crippen molar-refractivity contribution in [2.75, 3.05) is 13.1 Å². The van der Waals surface area contributed by atoms with Crippen molar-refractivity contribution in [2.45, 2.75) is 38.0 Å². The van der Waals surface area contributed by atoms with Gasteiger partial charge in [-0.3, -0.25) is 4.79 Å². The van der Waals surface area contributed by atoms with E-state index in [2.05, 4.69) is 0 Å². The average Bonchev–Trinajstić information content (AvgIpc) is 2.16. The topological polar surface area (TPSA) is 86.8 Å². The Kier molecular flexibility index (Phi) is 3.86. The molecule has 0 spiro atoms. The van der Waals surface area contributed by atoms with Gasteiger partial charge < -0.3 is 20.8 Å². The van der Waals surface area contributed by atoms with Crippen molar-refractivity contribution < 1.29 is 15.0 Å². The molecular formula is C9H18N2O3. The number of carbonyl (C=O) groups is 1. The first-order chi connectivity index (χ1) is 6.52. The minimum absolute atomic E-state index is 0.155. The van der Waals surface area contributed by atoms with Gasteiger partial charge in [-0.15, -0.1) is 0 Å². The molecule has 5 nitrogen and oxygen atoms in total. The molecule has 1 fully saturated rings. The number of aliphatic hydroxyl groups is 2. The third-order valence-electron chi connectivity index (χ3n) is 2.56. The first-order valence-corrected chi connectivity index (χ1v) is 4.93. The maximum Gasteiger partial charge on any atom is 0.254 e. The molecule has 4 N–H and O–H groups in total. The molecule has 1 aliphatic heterocycles. The largest absolute Gasteiger partial charge is 0.390 e. The SMILES string of the molecule is CC(O)[C@@H](O)C(=O)N1CCC(N)CC1. The highest BCUT2D eigenvalue weighted by Gasteiger charge is 2.28. The molecule has 1 unspecified atom stereocenters. The molecule has 82 valence electrons. The Labute approximate surface area is 83.5 Å². The van der Waals surface area contributed by atoms with Crippen molar-refractivity contribution in [3.8, 4) is 0 Å². The van der Waals surface area contributed by atoms with Gasteiger partial charge in [-0.25, -0.2) is 0 Å². The van der Waals surface area contributed by atoms with Gasteiger partial charge in [0, 0.05) is 19.1 Å². The van der Waals surface area contributed by atoms with Crippen molar-refractivity contribution in [3.63, 3.8) is 0 Å². The molecule has 0 saturated carbocycles. The standard InChI is InChI=1S/C9H18N2O3/c1-6(12)8(13)9(14)11-4-2-7(10)3-5-11/h6-8,12-13H,2-5,10H2,1H3/t6?,8-/m1/s1. The summed E-state index contributed by atoms with van der Waals surface area (Å²) in [6.07, 6.45) is -0.793. The van der Waals surface area contributed by atoms with E-state index in [-0.39, 0.29) is 6.04 Å². The number of amides is 1. The van der Waals surface area contributed by atoms with Crippen molar-refractivity contribution in [3.05, 3.63) is 0 Å². The maximum atomic E-state index is 11.5. The van der Waals surface area contributed by atoms with Gasteiger partial charge in [-0.2, -0.15) is 0 Å². The Morgan fingerprint density at radius 2 is 1.93 bits per heavy atom. The fraction of sp³-hybridized carbons (Fsp3) is 0.889. The van der Waals surface area contributed by atoms with Crippen LogP contribution in [-0.2, 0) is 4.79 Å². The minimum atomic E-state index is -1.30. The molecule has 0 aliphatic carbocycles. The summed E-state index contributed by atoms with van der Waals surface area (Å²) in [6.45, 7) is 2.55. The van der Waals surface area contributed by atoms with Gasteiger partial charge in [0.2, 0.25) is 0 Å². The fourth-order valence-corrected chi connectivity index (χ4v) is 1.51. The Bertz CT molecular complexity index is 200. The molecule has 2 atom stereocenters. The minimum Gasteiger partial charge on any atom is -0.390 e. The van der Waals surface area contributed by atoms with Crippen LogP contribution < -0.4 is 5.73 Å². The molecule has 0 radical (unpaired) electrons. The maximum absolute atomic E-state index is 11.5. The highest BCUT2D eigenvalue weighted by molar-refractivity contribution is 5.81. The molecular weight excluding hydrogens is 184 g/mol. The van der Waals surface area contributed by atoms with Crippen molar-refractivity contribution >= 4 is 5.91 Å².